The van der Waals surface area contributed by atoms with Gasteiger partial charge in [-0.3, -0.25) is 4.98 Å². The molecule has 1 aliphatic rings. The first kappa shape index (κ1) is 22.4. The monoisotopic (exact) mass is 439 g/mol. The number of aliphatic hydroxyl groups is 2. The maximum Gasteiger partial charge on any atom is 0.135 e. The molecule has 5 nitrogen and oxygen atoms in total. The third-order valence-electron chi connectivity index (χ3n) is 7.26. The minimum Gasteiger partial charge on any atom is -0.393 e. The molecule has 2 aromatic heterocycles. The Morgan fingerprint density at radius 1 is 1.03 bits per heavy atom. The molecule has 0 saturated carbocycles. The van der Waals surface area contributed by atoms with Crippen LogP contribution in [0.25, 0.3) is 11.3 Å². The molecule has 0 bridgehead atoms. The molecule has 0 amide bonds. The van der Waals surface area contributed by atoms with Gasteiger partial charge in [0.25, 0.3) is 0 Å². The summed E-state index contributed by atoms with van der Waals surface area (Å²) < 4.78 is 28.9. The van der Waals surface area contributed by atoms with Crippen molar-refractivity contribution in [3.05, 3.63) is 76.7 Å². The molecule has 3 aromatic rings. The number of hydrogen-bond acceptors (Lipinski definition) is 5. The van der Waals surface area contributed by atoms with Gasteiger partial charge in [-0.15, -0.1) is 5.10 Å². The molecule has 7 heteroatoms. The molecule has 4 rings (SSSR count). The highest BCUT2D eigenvalue weighted by Gasteiger charge is 2.57. The number of rotatable bonds is 5. The van der Waals surface area contributed by atoms with E-state index in [1.54, 1.807) is 18.2 Å². The second-order valence-corrected chi connectivity index (χ2v) is 9.08. The van der Waals surface area contributed by atoms with Crippen molar-refractivity contribution in [1.29, 1.82) is 0 Å². The molecule has 2 heterocycles. The van der Waals surface area contributed by atoms with Crippen molar-refractivity contribution in [1.82, 2.24) is 15.2 Å². The van der Waals surface area contributed by atoms with Crippen LogP contribution in [0.2, 0.25) is 0 Å². The third kappa shape index (κ3) is 3.14. The molecule has 0 aliphatic heterocycles. The first-order chi connectivity index (χ1) is 15.2. The first-order valence-electron chi connectivity index (χ1n) is 10.8. The molecule has 1 unspecified atom stereocenters. The van der Waals surface area contributed by atoms with Gasteiger partial charge >= 0.3 is 0 Å². The van der Waals surface area contributed by atoms with Gasteiger partial charge in [0.1, 0.15) is 17.7 Å². The van der Waals surface area contributed by atoms with Crippen molar-refractivity contribution >= 4 is 0 Å². The fourth-order valence-corrected chi connectivity index (χ4v) is 5.16. The summed E-state index contributed by atoms with van der Waals surface area (Å²) in [6.45, 7) is 7.94. The van der Waals surface area contributed by atoms with Gasteiger partial charge < -0.3 is 10.2 Å². The van der Waals surface area contributed by atoms with Crippen molar-refractivity contribution < 1.29 is 19.0 Å². The number of nitrogens with zero attached hydrogens (tertiary/aromatic N) is 3. The van der Waals surface area contributed by atoms with E-state index in [0.717, 1.165) is 12.0 Å². The van der Waals surface area contributed by atoms with Crippen molar-refractivity contribution in [2.75, 3.05) is 6.61 Å². The van der Waals surface area contributed by atoms with Gasteiger partial charge in [-0.05, 0) is 60.6 Å². The first-order valence-corrected chi connectivity index (χ1v) is 10.8. The fraction of sp³-hybridized carbons (Fsp3) is 0.400. The number of pyridine rings is 1. The molecule has 168 valence electrons. The SMILES string of the molecule is CC[C@H]1c2cc(-c3c(F)cccc3F)nnc2[C@](C)(c2cccc(C(O)CO)n2)C1(C)C. The largest absolute Gasteiger partial charge is 0.393 e. The van der Waals surface area contributed by atoms with E-state index in [0.29, 0.717) is 17.1 Å². The van der Waals surface area contributed by atoms with Crippen LogP contribution >= 0.6 is 0 Å². The Bertz CT molecular complexity index is 1150. The Labute approximate surface area is 186 Å². The Hall–Kier alpha value is -2.77. The summed E-state index contributed by atoms with van der Waals surface area (Å²) in [5.41, 5.74) is 1.62. The van der Waals surface area contributed by atoms with E-state index < -0.39 is 29.8 Å². The molecule has 0 radical (unpaired) electrons. The van der Waals surface area contributed by atoms with Crippen LogP contribution in [0.3, 0.4) is 0 Å². The molecule has 0 saturated heterocycles. The maximum atomic E-state index is 14.4. The van der Waals surface area contributed by atoms with Gasteiger partial charge in [-0.2, -0.15) is 5.10 Å². The van der Waals surface area contributed by atoms with Gasteiger partial charge in [-0.1, -0.05) is 32.9 Å². The average molecular weight is 440 g/mol. The van der Waals surface area contributed by atoms with Crippen molar-refractivity contribution in [2.45, 2.75) is 51.6 Å². The van der Waals surface area contributed by atoms with Crippen LogP contribution in [0.4, 0.5) is 8.78 Å². The predicted molar refractivity (Wildman–Crippen MR) is 117 cm³/mol. The summed E-state index contributed by atoms with van der Waals surface area (Å²) in [4.78, 5) is 4.67. The summed E-state index contributed by atoms with van der Waals surface area (Å²) in [5.74, 6) is -1.32. The molecule has 3 atom stereocenters. The van der Waals surface area contributed by atoms with Crippen LogP contribution in [0.5, 0.6) is 0 Å². The molecule has 1 aromatic carbocycles. The second kappa shape index (κ2) is 7.98. The number of aliphatic hydroxyl groups excluding tert-OH is 2. The van der Waals surface area contributed by atoms with E-state index in [2.05, 4.69) is 36.0 Å². The molecule has 0 fully saturated rings. The lowest BCUT2D eigenvalue weighted by Gasteiger charge is -2.41. The highest BCUT2D eigenvalue weighted by Crippen LogP contribution is 2.61. The van der Waals surface area contributed by atoms with Crippen molar-refractivity contribution in [3.8, 4) is 11.3 Å². The number of benzene rings is 1. The zero-order valence-corrected chi connectivity index (χ0v) is 18.6. The minimum absolute atomic E-state index is 0.0415. The van der Waals surface area contributed by atoms with E-state index in [9.17, 15) is 19.0 Å². The summed E-state index contributed by atoms with van der Waals surface area (Å²) in [6.07, 6.45) is -0.290. The van der Waals surface area contributed by atoms with Crippen LogP contribution in [0.15, 0.2) is 42.5 Å². The van der Waals surface area contributed by atoms with E-state index in [1.165, 1.54) is 18.2 Å². The van der Waals surface area contributed by atoms with Gasteiger partial charge in [-0.25, -0.2) is 8.78 Å². The van der Waals surface area contributed by atoms with Gasteiger partial charge in [0.15, 0.2) is 0 Å². The van der Waals surface area contributed by atoms with E-state index in [1.807, 2.05) is 13.0 Å². The van der Waals surface area contributed by atoms with Crippen molar-refractivity contribution in [3.63, 3.8) is 0 Å². The topological polar surface area (TPSA) is 79.1 Å². The highest BCUT2D eigenvalue weighted by atomic mass is 19.1. The second-order valence-electron chi connectivity index (χ2n) is 9.08. The van der Waals surface area contributed by atoms with E-state index in [4.69, 9.17) is 0 Å². The smallest absolute Gasteiger partial charge is 0.135 e. The van der Waals surface area contributed by atoms with E-state index in [-0.39, 0.29) is 22.6 Å². The summed E-state index contributed by atoms with van der Waals surface area (Å²) >= 11 is 0. The molecule has 32 heavy (non-hydrogen) atoms. The standard InChI is InChI=1S/C25H27F2N3O2/c1-5-15-14-12-19(22-16(26)8-6-9-17(22)27)29-30-23(14)25(4,24(15,2)3)21-11-7-10-18(28-21)20(32)13-31/h6-12,15,20,31-32H,5,13H2,1-4H3/t15-,20?,25-/m0/s1. The quantitative estimate of drug-likeness (QED) is 0.603. The van der Waals surface area contributed by atoms with Crippen LogP contribution in [-0.4, -0.2) is 32.0 Å². The number of hydrogen-bond donors (Lipinski definition) is 2. The van der Waals surface area contributed by atoms with Crippen LogP contribution in [0, 0.1) is 17.0 Å². The van der Waals surface area contributed by atoms with Crippen molar-refractivity contribution in [2.24, 2.45) is 5.41 Å². The van der Waals surface area contributed by atoms with Crippen LogP contribution < -0.4 is 0 Å². The zero-order chi connectivity index (χ0) is 23.3. The summed E-state index contributed by atoms with van der Waals surface area (Å²) in [6, 6.07) is 10.8. The normalized spacial score (nSPS) is 22.6. The Morgan fingerprint density at radius 3 is 2.31 bits per heavy atom. The fourth-order valence-electron chi connectivity index (χ4n) is 5.16. The number of aromatic nitrogens is 3. The van der Waals surface area contributed by atoms with Gasteiger partial charge in [0.05, 0.1) is 40.4 Å². The zero-order valence-electron chi connectivity index (χ0n) is 18.6. The van der Waals surface area contributed by atoms with E-state index >= 15 is 0 Å². The Morgan fingerprint density at radius 2 is 1.69 bits per heavy atom. The third-order valence-corrected chi connectivity index (χ3v) is 7.26. The number of fused-ring (bicyclic) bond motifs is 1. The lowest BCUT2D eigenvalue weighted by molar-refractivity contribution is 0.0914. The lowest BCUT2D eigenvalue weighted by Crippen LogP contribution is -2.40. The maximum absolute atomic E-state index is 14.4. The highest BCUT2D eigenvalue weighted by molar-refractivity contribution is 5.63. The molecule has 2 N–H and O–H groups in total. The Balaban J connectivity index is 1.93. The van der Waals surface area contributed by atoms with Gasteiger partial charge in [0.2, 0.25) is 0 Å². The molecular weight excluding hydrogens is 412 g/mol. The Kier molecular flexibility index (Phi) is 5.59. The summed E-state index contributed by atoms with van der Waals surface area (Å²) in [7, 11) is 0. The predicted octanol–water partition coefficient (Wildman–Crippen LogP) is 4.68. The minimum atomic E-state index is -1.08. The molecule has 0 spiro atoms. The summed E-state index contributed by atoms with van der Waals surface area (Å²) in [5, 5.41) is 28.2. The average Bonchev–Trinajstić information content (AvgIpc) is 2.95. The van der Waals surface area contributed by atoms with Crippen LogP contribution in [-0.2, 0) is 5.41 Å². The van der Waals surface area contributed by atoms with Gasteiger partial charge in [0, 0.05) is 0 Å². The number of halogens is 2. The lowest BCUT2D eigenvalue weighted by atomic mass is 9.62. The molecular formula is C25H27F2N3O2. The van der Waals surface area contributed by atoms with Crippen LogP contribution in [0.1, 0.15) is 68.8 Å². The molecule has 1 aliphatic carbocycles.